The Kier molecular flexibility index (Phi) is 6.44. The number of benzene rings is 2. The number of anilines is 1. The summed E-state index contributed by atoms with van der Waals surface area (Å²) in [5.74, 6) is 0.553. The van der Waals surface area contributed by atoms with Crippen molar-refractivity contribution in [3.63, 3.8) is 0 Å². The SMILES string of the molecule is CCOCc1cc(C(=O)Nc2ccc(Cl)cc2)ccc1OCC. The maximum absolute atomic E-state index is 12.4. The van der Waals surface area contributed by atoms with Gasteiger partial charge in [0.2, 0.25) is 0 Å². The molecule has 0 heterocycles. The maximum Gasteiger partial charge on any atom is 0.255 e. The zero-order valence-corrected chi connectivity index (χ0v) is 14.0. The molecule has 2 rings (SSSR count). The maximum atomic E-state index is 12.4. The molecule has 0 aromatic heterocycles. The lowest BCUT2D eigenvalue weighted by atomic mass is 10.1. The molecule has 0 radical (unpaired) electrons. The van der Waals surface area contributed by atoms with Crippen LogP contribution in [0.2, 0.25) is 5.02 Å². The largest absolute Gasteiger partial charge is 0.494 e. The number of halogens is 1. The molecule has 0 aliphatic heterocycles. The summed E-state index contributed by atoms with van der Waals surface area (Å²) >= 11 is 5.84. The second-order valence-electron chi connectivity index (χ2n) is 4.85. The van der Waals surface area contributed by atoms with Gasteiger partial charge in [0.1, 0.15) is 5.75 Å². The summed E-state index contributed by atoms with van der Waals surface area (Å²) in [6.07, 6.45) is 0. The van der Waals surface area contributed by atoms with E-state index in [1.807, 2.05) is 13.8 Å². The molecule has 4 nitrogen and oxygen atoms in total. The summed E-state index contributed by atoms with van der Waals surface area (Å²) in [5.41, 5.74) is 2.11. The molecule has 0 unspecified atom stereocenters. The molecule has 1 N–H and O–H groups in total. The molecule has 1 amide bonds. The summed E-state index contributed by atoms with van der Waals surface area (Å²) in [4.78, 5) is 12.4. The van der Waals surface area contributed by atoms with Crippen LogP contribution in [0, 0.1) is 0 Å². The van der Waals surface area contributed by atoms with E-state index in [0.29, 0.717) is 36.1 Å². The van der Waals surface area contributed by atoms with Crippen molar-refractivity contribution in [1.82, 2.24) is 0 Å². The number of ether oxygens (including phenoxy) is 2. The van der Waals surface area contributed by atoms with Crippen molar-refractivity contribution in [1.29, 1.82) is 0 Å². The van der Waals surface area contributed by atoms with Gasteiger partial charge >= 0.3 is 0 Å². The molecule has 0 aliphatic carbocycles. The van der Waals surface area contributed by atoms with Crippen LogP contribution in [0.5, 0.6) is 5.75 Å². The topological polar surface area (TPSA) is 47.6 Å². The van der Waals surface area contributed by atoms with Gasteiger partial charge < -0.3 is 14.8 Å². The van der Waals surface area contributed by atoms with Gasteiger partial charge in [0.15, 0.2) is 0 Å². The van der Waals surface area contributed by atoms with E-state index in [-0.39, 0.29) is 5.91 Å². The molecule has 2 aromatic rings. The van der Waals surface area contributed by atoms with Gasteiger partial charge in [-0.25, -0.2) is 0 Å². The van der Waals surface area contributed by atoms with Crippen molar-refractivity contribution in [3.05, 3.63) is 58.6 Å². The molecule has 2 aromatic carbocycles. The Balaban J connectivity index is 2.17. The highest BCUT2D eigenvalue weighted by Gasteiger charge is 2.11. The number of carbonyl (C=O) groups is 1. The van der Waals surface area contributed by atoms with Crippen LogP contribution in [0.1, 0.15) is 29.8 Å². The Morgan fingerprint density at radius 1 is 1.09 bits per heavy atom. The van der Waals surface area contributed by atoms with Gasteiger partial charge in [-0.2, -0.15) is 0 Å². The van der Waals surface area contributed by atoms with Crippen LogP contribution < -0.4 is 10.1 Å². The van der Waals surface area contributed by atoms with E-state index in [0.717, 1.165) is 11.3 Å². The first kappa shape index (κ1) is 17.3. The van der Waals surface area contributed by atoms with Crippen molar-refractivity contribution >= 4 is 23.2 Å². The Hall–Kier alpha value is -2.04. The zero-order valence-electron chi connectivity index (χ0n) is 13.3. The highest BCUT2D eigenvalue weighted by atomic mass is 35.5. The fraction of sp³-hybridized carbons (Fsp3) is 0.278. The molecular formula is C18H20ClNO3. The van der Waals surface area contributed by atoms with Gasteiger partial charge in [0.25, 0.3) is 5.91 Å². The van der Waals surface area contributed by atoms with E-state index in [4.69, 9.17) is 21.1 Å². The first-order valence-electron chi connectivity index (χ1n) is 7.54. The quantitative estimate of drug-likeness (QED) is 0.810. The molecule has 0 saturated carbocycles. The van der Waals surface area contributed by atoms with E-state index < -0.39 is 0 Å². The van der Waals surface area contributed by atoms with Crippen LogP contribution in [-0.2, 0) is 11.3 Å². The Morgan fingerprint density at radius 2 is 1.83 bits per heavy atom. The second-order valence-corrected chi connectivity index (χ2v) is 5.29. The van der Waals surface area contributed by atoms with Crippen LogP contribution in [0.3, 0.4) is 0 Å². The second kappa shape index (κ2) is 8.56. The average Bonchev–Trinajstić information content (AvgIpc) is 2.56. The molecule has 122 valence electrons. The smallest absolute Gasteiger partial charge is 0.255 e. The third-order valence-electron chi connectivity index (χ3n) is 3.19. The van der Waals surface area contributed by atoms with E-state index in [1.165, 1.54) is 0 Å². The van der Waals surface area contributed by atoms with Crippen LogP contribution >= 0.6 is 11.6 Å². The monoisotopic (exact) mass is 333 g/mol. The van der Waals surface area contributed by atoms with Crippen LogP contribution in [0.4, 0.5) is 5.69 Å². The summed E-state index contributed by atoms with van der Waals surface area (Å²) in [7, 11) is 0. The number of amides is 1. The third kappa shape index (κ3) is 4.98. The molecule has 0 bridgehead atoms. The lowest BCUT2D eigenvalue weighted by Crippen LogP contribution is -2.12. The molecule has 0 fully saturated rings. The van der Waals surface area contributed by atoms with E-state index in [1.54, 1.807) is 42.5 Å². The lowest BCUT2D eigenvalue weighted by Gasteiger charge is -2.12. The summed E-state index contributed by atoms with van der Waals surface area (Å²) < 4.78 is 11.0. The van der Waals surface area contributed by atoms with Crippen molar-refractivity contribution in [2.45, 2.75) is 20.5 Å². The number of hydrogen-bond donors (Lipinski definition) is 1. The van der Waals surface area contributed by atoms with E-state index in [2.05, 4.69) is 5.32 Å². The fourth-order valence-corrected chi connectivity index (χ4v) is 2.20. The van der Waals surface area contributed by atoms with Gasteiger partial charge in [0.05, 0.1) is 13.2 Å². The molecule has 23 heavy (non-hydrogen) atoms. The Labute approximate surface area is 141 Å². The third-order valence-corrected chi connectivity index (χ3v) is 3.44. The van der Waals surface area contributed by atoms with Gasteiger partial charge in [-0.15, -0.1) is 0 Å². The van der Waals surface area contributed by atoms with Gasteiger partial charge in [0, 0.05) is 28.4 Å². The first-order chi connectivity index (χ1) is 11.1. The van der Waals surface area contributed by atoms with E-state index in [9.17, 15) is 4.79 Å². The van der Waals surface area contributed by atoms with Crippen molar-refractivity contribution in [2.75, 3.05) is 18.5 Å². The number of nitrogens with one attached hydrogen (secondary N) is 1. The van der Waals surface area contributed by atoms with Crippen LogP contribution in [0.15, 0.2) is 42.5 Å². The lowest BCUT2D eigenvalue weighted by molar-refractivity contribution is 0.102. The molecule has 5 heteroatoms. The molecule has 0 spiro atoms. The normalized spacial score (nSPS) is 10.4. The zero-order chi connectivity index (χ0) is 16.7. The summed E-state index contributed by atoms with van der Waals surface area (Å²) in [6.45, 7) is 5.43. The molecule has 0 atom stereocenters. The minimum Gasteiger partial charge on any atom is -0.494 e. The van der Waals surface area contributed by atoms with Gasteiger partial charge in [-0.05, 0) is 56.3 Å². The standard InChI is InChI=1S/C18H20ClNO3/c1-3-22-12-14-11-13(5-10-17(14)23-4-2)18(21)20-16-8-6-15(19)7-9-16/h5-11H,3-4,12H2,1-2H3,(H,20,21). The predicted molar refractivity (Wildman–Crippen MR) is 92.3 cm³/mol. The minimum absolute atomic E-state index is 0.187. The first-order valence-corrected chi connectivity index (χ1v) is 7.92. The van der Waals surface area contributed by atoms with Gasteiger partial charge in [-0.3, -0.25) is 4.79 Å². The van der Waals surface area contributed by atoms with Crippen molar-refractivity contribution < 1.29 is 14.3 Å². The number of rotatable bonds is 7. The van der Waals surface area contributed by atoms with Crippen molar-refractivity contribution in [2.24, 2.45) is 0 Å². The minimum atomic E-state index is -0.187. The van der Waals surface area contributed by atoms with E-state index >= 15 is 0 Å². The Bertz CT molecular complexity index is 656. The van der Waals surface area contributed by atoms with Crippen LogP contribution in [0.25, 0.3) is 0 Å². The number of carbonyl (C=O) groups excluding carboxylic acids is 1. The van der Waals surface area contributed by atoms with Crippen molar-refractivity contribution in [3.8, 4) is 5.75 Å². The summed E-state index contributed by atoms with van der Waals surface area (Å²) in [5, 5.41) is 3.47. The van der Waals surface area contributed by atoms with Gasteiger partial charge in [-0.1, -0.05) is 11.6 Å². The summed E-state index contributed by atoms with van der Waals surface area (Å²) in [6, 6.07) is 12.3. The average molecular weight is 334 g/mol. The highest BCUT2D eigenvalue weighted by Crippen LogP contribution is 2.22. The fourth-order valence-electron chi connectivity index (χ4n) is 2.08. The Morgan fingerprint density at radius 3 is 2.48 bits per heavy atom. The molecule has 0 saturated heterocycles. The highest BCUT2D eigenvalue weighted by molar-refractivity contribution is 6.30. The molecule has 0 aliphatic rings. The molecular weight excluding hydrogens is 314 g/mol. The van der Waals surface area contributed by atoms with Crippen LogP contribution in [-0.4, -0.2) is 19.1 Å². The number of hydrogen-bond acceptors (Lipinski definition) is 3. The predicted octanol–water partition coefficient (Wildman–Crippen LogP) is 4.53.